The summed E-state index contributed by atoms with van der Waals surface area (Å²) in [6, 6.07) is 2.63. The highest BCUT2D eigenvalue weighted by molar-refractivity contribution is 7.10. The van der Waals surface area contributed by atoms with Crippen molar-refractivity contribution in [2.75, 3.05) is 0 Å². The van der Waals surface area contributed by atoms with Crippen LogP contribution in [0.15, 0.2) is 17.5 Å². The lowest BCUT2D eigenvalue weighted by Crippen LogP contribution is -2.38. The van der Waals surface area contributed by atoms with Crippen molar-refractivity contribution >= 4 is 23.2 Å². The molecule has 1 saturated carbocycles. The number of thiophene rings is 1. The fourth-order valence-corrected chi connectivity index (χ4v) is 3.26. The van der Waals surface area contributed by atoms with E-state index >= 15 is 0 Å². The Labute approximate surface area is 116 Å². The third kappa shape index (κ3) is 3.56. The number of carbonyl (C=O) groups excluding carboxylic acids is 1. The topological polar surface area (TPSA) is 66.4 Å². The van der Waals surface area contributed by atoms with E-state index in [2.05, 4.69) is 12.2 Å². The molecular weight excluding hydrogens is 262 g/mol. The second-order valence-corrected chi connectivity index (χ2v) is 6.23. The number of hydrogen-bond donors (Lipinski definition) is 2. The monoisotopic (exact) mass is 281 g/mol. The van der Waals surface area contributed by atoms with Crippen molar-refractivity contribution < 1.29 is 14.7 Å². The summed E-state index contributed by atoms with van der Waals surface area (Å²) in [5.41, 5.74) is 0. The van der Waals surface area contributed by atoms with E-state index in [1.165, 1.54) is 11.3 Å². The van der Waals surface area contributed by atoms with E-state index in [-0.39, 0.29) is 11.8 Å². The van der Waals surface area contributed by atoms with E-state index in [9.17, 15) is 14.7 Å². The largest absolute Gasteiger partial charge is 0.479 e. The second-order valence-electron chi connectivity index (χ2n) is 5.25. The number of hydrogen-bond acceptors (Lipinski definition) is 3. The van der Waals surface area contributed by atoms with E-state index < -0.39 is 12.0 Å². The van der Waals surface area contributed by atoms with Crippen LogP contribution in [0.25, 0.3) is 0 Å². The molecule has 1 heterocycles. The SMILES string of the molecule is CC1CCC(C(=O)NC(C(=O)O)c2cccs2)CC1. The maximum atomic E-state index is 12.1. The summed E-state index contributed by atoms with van der Waals surface area (Å²) < 4.78 is 0. The first-order valence-corrected chi connectivity index (χ1v) is 7.52. The molecule has 1 aromatic rings. The van der Waals surface area contributed by atoms with Crippen LogP contribution in [0.4, 0.5) is 0 Å². The molecule has 0 spiro atoms. The first kappa shape index (κ1) is 14.1. The molecular formula is C14H19NO3S. The van der Waals surface area contributed by atoms with Crippen molar-refractivity contribution in [2.45, 2.75) is 38.6 Å². The highest BCUT2D eigenvalue weighted by Gasteiger charge is 2.29. The van der Waals surface area contributed by atoms with Crippen LogP contribution in [0, 0.1) is 11.8 Å². The van der Waals surface area contributed by atoms with Crippen molar-refractivity contribution in [3.63, 3.8) is 0 Å². The number of carboxylic acid groups (broad SMARTS) is 1. The molecule has 0 aliphatic heterocycles. The molecule has 104 valence electrons. The number of nitrogens with one attached hydrogen (secondary N) is 1. The molecule has 1 unspecified atom stereocenters. The molecule has 0 aromatic carbocycles. The molecule has 2 N–H and O–H groups in total. The normalized spacial score (nSPS) is 24.7. The molecule has 0 radical (unpaired) electrons. The molecule has 4 nitrogen and oxygen atoms in total. The number of carbonyl (C=O) groups is 2. The smallest absolute Gasteiger partial charge is 0.331 e. The molecule has 2 rings (SSSR count). The van der Waals surface area contributed by atoms with Gasteiger partial charge in [-0.3, -0.25) is 4.79 Å². The second kappa shape index (κ2) is 6.19. The zero-order valence-electron chi connectivity index (χ0n) is 11.0. The number of carboxylic acids is 1. The summed E-state index contributed by atoms with van der Waals surface area (Å²) in [5.74, 6) is -0.470. The molecule has 1 atom stereocenters. The fourth-order valence-electron chi connectivity index (χ4n) is 2.49. The standard InChI is InChI=1S/C14H19NO3S/c1-9-4-6-10(7-5-9)13(16)15-12(14(17)18)11-3-2-8-19-11/h2-3,8-10,12H,4-7H2,1H3,(H,15,16)(H,17,18). The van der Waals surface area contributed by atoms with Gasteiger partial charge in [-0.1, -0.05) is 13.0 Å². The van der Waals surface area contributed by atoms with Crippen LogP contribution in [0.2, 0.25) is 0 Å². The third-order valence-corrected chi connectivity index (χ3v) is 4.69. The molecule has 0 bridgehead atoms. The predicted octanol–water partition coefficient (Wildman–Crippen LogP) is 2.82. The summed E-state index contributed by atoms with van der Waals surface area (Å²) >= 11 is 1.35. The lowest BCUT2D eigenvalue weighted by molar-refractivity contribution is -0.142. The van der Waals surface area contributed by atoms with Crippen LogP contribution in [0.3, 0.4) is 0 Å². The molecule has 1 fully saturated rings. The maximum Gasteiger partial charge on any atom is 0.331 e. The van der Waals surface area contributed by atoms with Crippen LogP contribution >= 0.6 is 11.3 Å². The van der Waals surface area contributed by atoms with Crippen molar-refractivity contribution in [1.82, 2.24) is 5.32 Å². The molecule has 5 heteroatoms. The van der Waals surface area contributed by atoms with Crippen molar-refractivity contribution in [1.29, 1.82) is 0 Å². The first-order valence-electron chi connectivity index (χ1n) is 6.64. The number of rotatable bonds is 4. The molecule has 1 aliphatic carbocycles. The van der Waals surface area contributed by atoms with Gasteiger partial charge < -0.3 is 10.4 Å². The molecule has 1 amide bonds. The molecule has 0 saturated heterocycles. The van der Waals surface area contributed by atoms with Crippen LogP contribution in [0.5, 0.6) is 0 Å². The van der Waals surface area contributed by atoms with Gasteiger partial charge in [-0.25, -0.2) is 4.79 Å². The van der Waals surface area contributed by atoms with Crippen molar-refractivity contribution in [3.8, 4) is 0 Å². The maximum absolute atomic E-state index is 12.1. The quantitative estimate of drug-likeness (QED) is 0.891. The van der Waals surface area contributed by atoms with Gasteiger partial charge in [0.05, 0.1) is 0 Å². The van der Waals surface area contributed by atoms with Crippen LogP contribution in [-0.2, 0) is 9.59 Å². The van der Waals surface area contributed by atoms with E-state index in [4.69, 9.17) is 0 Å². The summed E-state index contributed by atoms with van der Waals surface area (Å²) in [7, 11) is 0. The van der Waals surface area contributed by atoms with Gasteiger partial charge in [-0.2, -0.15) is 0 Å². The molecule has 19 heavy (non-hydrogen) atoms. The average molecular weight is 281 g/mol. The minimum atomic E-state index is -1.00. The minimum Gasteiger partial charge on any atom is -0.479 e. The lowest BCUT2D eigenvalue weighted by Gasteiger charge is -2.26. The zero-order valence-corrected chi connectivity index (χ0v) is 11.8. The van der Waals surface area contributed by atoms with Gasteiger partial charge in [-0.15, -0.1) is 11.3 Å². The highest BCUT2D eigenvalue weighted by Crippen LogP contribution is 2.29. The zero-order chi connectivity index (χ0) is 13.8. The van der Waals surface area contributed by atoms with Gasteiger partial charge in [0, 0.05) is 10.8 Å². The summed E-state index contributed by atoms with van der Waals surface area (Å²) in [4.78, 5) is 24.1. The van der Waals surface area contributed by atoms with Gasteiger partial charge in [0.15, 0.2) is 6.04 Å². The van der Waals surface area contributed by atoms with Gasteiger partial charge in [0.2, 0.25) is 5.91 Å². The third-order valence-electron chi connectivity index (χ3n) is 3.75. The van der Waals surface area contributed by atoms with Gasteiger partial charge in [0.25, 0.3) is 0 Å². The summed E-state index contributed by atoms with van der Waals surface area (Å²) in [6.07, 6.45) is 3.83. The van der Waals surface area contributed by atoms with Crippen LogP contribution < -0.4 is 5.32 Å². The van der Waals surface area contributed by atoms with Crippen molar-refractivity contribution in [3.05, 3.63) is 22.4 Å². The van der Waals surface area contributed by atoms with Gasteiger partial charge in [0.1, 0.15) is 0 Å². The Morgan fingerprint density at radius 2 is 2.05 bits per heavy atom. The Hall–Kier alpha value is -1.36. The highest BCUT2D eigenvalue weighted by atomic mass is 32.1. The summed E-state index contributed by atoms with van der Waals surface area (Å²) in [6.45, 7) is 2.19. The Kier molecular flexibility index (Phi) is 4.58. The van der Waals surface area contributed by atoms with Crippen LogP contribution in [0.1, 0.15) is 43.5 Å². The minimum absolute atomic E-state index is 0.0296. The van der Waals surface area contributed by atoms with E-state index in [1.54, 1.807) is 12.1 Å². The average Bonchev–Trinajstić information content (AvgIpc) is 2.89. The predicted molar refractivity (Wildman–Crippen MR) is 74.0 cm³/mol. The van der Waals surface area contributed by atoms with Gasteiger partial charge >= 0.3 is 5.97 Å². The molecule has 1 aliphatic rings. The Morgan fingerprint density at radius 1 is 1.37 bits per heavy atom. The van der Waals surface area contributed by atoms with Gasteiger partial charge in [-0.05, 0) is 43.0 Å². The Morgan fingerprint density at radius 3 is 2.58 bits per heavy atom. The Balaban J connectivity index is 1.98. The lowest BCUT2D eigenvalue weighted by atomic mass is 9.82. The van der Waals surface area contributed by atoms with Crippen LogP contribution in [-0.4, -0.2) is 17.0 Å². The molecule has 1 aromatic heterocycles. The number of aliphatic carboxylic acids is 1. The summed E-state index contributed by atoms with van der Waals surface area (Å²) in [5, 5.41) is 13.7. The first-order chi connectivity index (χ1) is 9.08. The van der Waals surface area contributed by atoms with E-state index in [0.29, 0.717) is 10.8 Å². The Bertz CT molecular complexity index is 436. The number of amides is 1. The van der Waals surface area contributed by atoms with Crippen molar-refractivity contribution in [2.24, 2.45) is 11.8 Å². The van der Waals surface area contributed by atoms with E-state index in [1.807, 2.05) is 5.38 Å². The van der Waals surface area contributed by atoms with E-state index in [0.717, 1.165) is 25.7 Å². The fraction of sp³-hybridized carbons (Fsp3) is 0.571.